The van der Waals surface area contributed by atoms with Crippen molar-refractivity contribution in [2.24, 2.45) is 5.73 Å². The topological polar surface area (TPSA) is 75.4 Å². The summed E-state index contributed by atoms with van der Waals surface area (Å²) in [5, 5.41) is 12.5. The fourth-order valence-electron chi connectivity index (χ4n) is 2.15. The second-order valence-electron chi connectivity index (χ2n) is 4.26. The molecule has 0 bridgehead atoms. The average molecular weight is 299 g/mol. The van der Waals surface area contributed by atoms with Crippen molar-refractivity contribution in [3.63, 3.8) is 0 Å². The zero-order valence-corrected chi connectivity index (χ0v) is 10.9. The van der Waals surface area contributed by atoms with Crippen LogP contribution < -0.4 is 11.1 Å². The average Bonchev–Trinajstić information content (AvgIpc) is 2.67. The number of rotatable bonds is 4. The van der Waals surface area contributed by atoms with E-state index in [9.17, 15) is 9.90 Å². The zero-order valence-electron chi connectivity index (χ0n) is 9.32. The van der Waals surface area contributed by atoms with Crippen LogP contribution in [0.1, 0.15) is 23.6 Å². The number of hydrogen-bond donors (Lipinski definition) is 3. The van der Waals surface area contributed by atoms with Gasteiger partial charge < -0.3 is 16.2 Å². The molecule has 4 N–H and O–H groups in total. The maximum Gasteiger partial charge on any atom is 0.247 e. The molecule has 0 spiro atoms. The number of hydrogen-bond acceptors (Lipinski definition) is 3. The first-order valence-corrected chi connectivity index (χ1v) is 6.36. The Morgan fingerprint density at radius 2 is 2.41 bits per heavy atom. The molecular weight excluding hydrogens is 284 g/mol. The van der Waals surface area contributed by atoms with Gasteiger partial charge in [-0.1, -0.05) is 22.0 Å². The van der Waals surface area contributed by atoms with Gasteiger partial charge in [0, 0.05) is 17.1 Å². The molecule has 0 aromatic heterocycles. The third-order valence-corrected chi connectivity index (χ3v) is 3.56. The van der Waals surface area contributed by atoms with Crippen molar-refractivity contribution < 1.29 is 9.90 Å². The van der Waals surface area contributed by atoms with Crippen LogP contribution in [0.25, 0.3) is 0 Å². The van der Waals surface area contributed by atoms with Gasteiger partial charge in [-0.25, -0.2) is 0 Å². The van der Waals surface area contributed by atoms with Crippen LogP contribution in [0.2, 0.25) is 0 Å². The summed E-state index contributed by atoms with van der Waals surface area (Å²) in [6.07, 6.45) is 0.880. The van der Waals surface area contributed by atoms with E-state index >= 15 is 0 Å². The highest BCUT2D eigenvalue weighted by atomic mass is 79.9. The summed E-state index contributed by atoms with van der Waals surface area (Å²) in [6.45, 7) is 0.204. The molecule has 0 radical (unpaired) electrons. The van der Waals surface area contributed by atoms with Crippen molar-refractivity contribution in [1.29, 1.82) is 0 Å². The Bertz CT molecular complexity index is 437. The molecule has 0 saturated heterocycles. The van der Waals surface area contributed by atoms with Crippen molar-refractivity contribution in [1.82, 2.24) is 5.32 Å². The number of primary amides is 1. The number of aliphatic hydroxyl groups is 1. The number of aliphatic hydroxyl groups excluding tert-OH is 1. The molecule has 2 atom stereocenters. The summed E-state index contributed by atoms with van der Waals surface area (Å²) in [6, 6.07) is 6.39. The first-order valence-electron chi connectivity index (χ1n) is 5.57. The molecule has 0 heterocycles. The molecule has 1 aliphatic rings. The molecule has 1 amide bonds. The summed E-state index contributed by atoms with van der Waals surface area (Å²) >= 11 is 3.44. The number of amides is 1. The molecule has 1 aromatic carbocycles. The lowest BCUT2D eigenvalue weighted by atomic mass is 10.1. The van der Waals surface area contributed by atoms with Gasteiger partial charge in [-0.2, -0.15) is 0 Å². The molecular formula is C12H15BrN2O2. The van der Waals surface area contributed by atoms with Gasteiger partial charge in [-0.15, -0.1) is 0 Å². The minimum atomic E-state index is -1.12. The van der Waals surface area contributed by atoms with Gasteiger partial charge in [-0.05, 0) is 36.1 Å². The van der Waals surface area contributed by atoms with Gasteiger partial charge in [0.25, 0.3) is 0 Å². The summed E-state index contributed by atoms with van der Waals surface area (Å²) in [5.41, 5.74) is 7.55. The molecule has 4 nitrogen and oxygen atoms in total. The van der Waals surface area contributed by atoms with Crippen LogP contribution in [-0.4, -0.2) is 23.7 Å². The normalized spacial score (nSPS) is 20.0. The molecule has 2 unspecified atom stereocenters. The van der Waals surface area contributed by atoms with E-state index < -0.39 is 12.0 Å². The first kappa shape index (κ1) is 12.5. The molecule has 0 saturated carbocycles. The fraction of sp³-hybridized carbons (Fsp3) is 0.417. The highest BCUT2D eigenvalue weighted by Crippen LogP contribution is 2.32. The third kappa shape index (κ3) is 2.86. The summed E-state index contributed by atoms with van der Waals surface area (Å²) in [4.78, 5) is 10.7. The van der Waals surface area contributed by atoms with Crippen LogP contribution in [0.5, 0.6) is 0 Å². The monoisotopic (exact) mass is 298 g/mol. The predicted molar refractivity (Wildman–Crippen MR) is 68.4 cm³/mol. The van der Waals surface area contributed by atoms with Crippen LogP contribution in [0.3, 0.4) is 0 Å². The minimum absolute atomic E-state index is 0.201. The van der Waals surface area contributed by atoms with Crippen LogP contribution in [0.4, 0.5) is 0 Å². The second-order valence-corrected chi connectivity index (χ2v) is 5.18. The Balaban J connectivity index is 2.00. The van der Waals surface area contributed by atoms with Crippen LogP contribution in [0, 0.1) is 0 Å². The number of fused-ring (bicyclic) bond motifs is 1. The molecule has 5 heteroatoms. The lowest BCUT2D eigenvalue weighted by molar-refractivity contribution is -0.125. The largest absolute Gasteiger partial charge is 0.382 e. The molecule has 1 aliphatic carbocycles. The Labute approximate surface area is 108 Å². The van der Waals surface area contributed by atoms with Gasteiger partial charge in [-0.3, -0.25) is 4.79 Å². The van der Waals surface area contributed by atoms with Crippen LogP contribution in [0.15, 0.2) is 22.7 Å². The molecule has 17 heavy (non-hydrogen) atoms. The van der Waals surface area contributed by atoms with E-state index in [-0.39, 0.29) is 12.6 Å². The van der Waals surface area contributed by atoms with Gasteiger partial charge in [0.2, 0.25) is 5.91 Å². The van der Waals surface area contributed by atoms with Crippen molar-refractivity contribution in [2.75, 3.05) is 6.54 Å². The molecule has 0 fully saturated rings. The first-order chi connectivity index (χ1) is 8.08. The smallest absolute Gasteiger partial charge is 0.247 e. The fourth-order valence-corrected chi connectivity index (χ4v) is 2.56. The molecule has 0 aliphatic heterocycles. The van der Waals surface area contributed by atoms with Crippen molar-refractivity contribution >= 4 is 21.8 Å². The number of halogens is 1. The van der Waals surface area contributed by atoms with E-state index in [1.165, 1.54) is 11.1 Å². The van der Waals surface area contributed by atoms with Crippen molar-refractivity contribution in [3.8, 4) is 0 Å². The van der Waals surface area contributed by atoms with E-state index in [2.05, 4.69) is 33.4 Å². The highest BCUT2D eigenvalue weighted by molar-refractivity contribution is 9.10. The second kappa shape index (κ2) is 5.16. The van der Waals surface area contributed by atoms with Crippen LogP contribution >= 0.6 is 15.9 Å². The lowest BCUT2D eigenvalue weighted by Crippen LogP contribution is -2.38. The maximum absolute atomic E-state index is 10.7. The highest BCUT2D eigenvalue weighted by Gasteiger charge is 2.23. The predicted octanol–water partition coefficient (Wildman–Crippen LogP) is 0.872. The number of carbonyl (C=O) groups excluding carboxylic acids is 1. The van der Waals surface area contributed by atoms with E-state index in [1.807, 2.05) is 6.07 Å². The Morgan fingerprint density at radius 3 is 3.12 bits per heavy atom. The van der Waals surface area contributed by atoms with Crippen molar-refractivity contribution in [2.45, 2.75) is 25.0 Å². The summed E-state index contributed by atoms with van der Waals surface area (Å²) in [5.74, 6) is -0.688. The Kier molecular flexibility index (Phi) is 3.81. The summed E-state index contributed by atoms with van der Waals surface area (Å²) < 4.78 is 1.08. The number of nitrogens with one attached hydrogen (secondary N) is 1. The van der Waals surface area contributed by atoms with Gasteiger partial charge in [0.05, 0.1) is 0 Å². The number of carbonyl (C=O) groups is 1. The van der Waals surface area contributed by atoms with Gasteiger partial charge >= 0.3 is 0 Å². The van der Waals surface area contributed by atoms with Gasteiger partial charge in [0.15, 0.2) is 0 Å². The standard InChI is InChI=1S/C12H15BrN2O2/c13-8-2-3-9-7(5-8)1-4-10(9)15-6-11(16)12(14)17/h2-3,5,10-11,15-16H,1,4,6H2,(H2,14,17). The molecule has 1 aromatic rings. The molecule has 92 valence electrons. The maximum atomic E-state index is 10.7. The van der Waals surface area contributed by atoms with E-state index in [0.29, 0.717) is 0 Å². The Hall–Kier alpha value is -0.910. The number of nitrogens with two attached hydrogens (primary N) is 1. The van der Waals surface area contributed by atoms with Crippen molar-refractivity contribution in [3.05, 3.63) is 33.8 Å². The summed E-state index contributed by atoms with van der Waals surface area (Å²) in [7, 11) is 0. The SMILES string of the molecule is NC(=O)C(O)CNC1CCc2cc(Br)ccc21. The van der Waals surface area contributed by atoms with E-state index in [1.54, 1.807) is 0 Å². The third-order valence-electron chi connectivity index (χ3n) is 3.07. The zero-order chi connectivity index (χ0) is 12.4. The van der Waals surface area contributed by atoms with Crippen LogP contribution in [-0.2, 0) is 11.2 Å². The molecule has 2 rings (SSSR count). The minimum Gasteiger partial charge on any atom is -0.382 e. The van der Waals surface area contributed by atoms with E-state index in [4.69, 9.17) is 5.73 Å². The Morgan fingerprint density at radius 1 is 1.65 bits per heavy atom. The lowest BCUT2D eigenvalue weighted by Gasteiger charge is -2.15. The van der Waals surface area contributed by atoms with Gasteiger partial charge in [0.1, 0.15) is 6.10 Å². The quantitative estimate of drug-likeness (QED) is 0.772. The number of benzene rings is 1. The number of aryl methyl sites for hydroxylation is 1. The van der Waals surface area contributed by atoms with E-state index in [0.717, 1.165) is 17.3 Å².